The summed E-state index contributed by atoms with van der Waals surface area (Å²) < 4.78 is 5.58. The number of nitrogens with two attached hydrogens (primary N) is 1. The van der Waals surface area contributed by atoms with E-state index in [4.69, 9.17) is 15.2 Å². The average molecular weight is 283 g/mol. The minimum atomic E-state index is -0.0241. The van der Waals surface area contributed by atoms with Gasteiger partial charge in [0, 0.05) is 12.0 Å². The standard InChI is InChI=1S/C17H21N3O/c18-14-8-7-12(11-14)15-19-16(20-21-15)17(9-4-10-17)13-5-2-1-3-6-13/h1-3,5-6,12,14H,4,7-11,18H2/t12-,14+/m1/s1. The van der Waals surface area contributed by atoms with Crippen molar-refractivity contribution in [3.63, 3.8) is 0 Å². The molecule has 0 amide bonds. The largest absolute Gasteiger partial charge is 0.339 e. The molecule has 1 aromatic heterocycles. The number of hydrogen-bond donors (Lipinski definition) is 1. The van der Waals surface area contributed by atoms with E-state index < -0.39 is 0 Å². The Morgan fingerprint density at radius 3 is 2.57 bits per heavy atom. The van der Waals surface area contributed by atoms with E-state index in [1.54, 1.807) is 0 Å². The molecule has 0 aliphatic heterocycles. The molecule has 4 heteroatoms. The number of rotatable bonds is 3. The highest BCUT2D eigenvalue weighted by Crippen LogP contribution is 2.48. The summed E-state index contributed by atoms with van der Waals surface area (Å²) in [6, 6.07) is 10.9. The zero-order valence-corrected chi connectivity index (χ0v) is 12.2. The Labute approximate surface area is 124 Å². The Morgan fingerprint density at radius 1 is 1.14 bits per heavy atom. The lowest BCUT2D eigenvalue weighted by molar-refractivity contribution is 0.269. The summed E-state index contributed by atoms with van der Waals surface area (Å²) >= 11 is 0. The van der Waals surface area contributed by atoms with Crippen LogP contribution in [0.1, 0.15) is 61.7 Å². The van der Waals surface area contributed by atoms with E-state index in [1.807, 2.05) is 0 Å². The Hall–Kier alpha value is -1.68. The van der Waals surface area contributed by atoms with Gasteiger partial charge in [0.25, 0.3) is 0 Å². The molecule has 2 fully saturated rings. The first kappa shape index (κ1) is 13.0. The summed E-state index contributed by atoms with van der Waals surface area (Å²) in [6.45, 7) is 0. The molecule has 0 spiro atoms. The second kappa shape index (κ2) is 4.95. The molecule has 0 radical (unpaired) electrons. The van der Waals surface area contributed by atoms with Crippen LogP contribution in [0.15, 0.2) is 34.9 Å². The maximum Gasteiger partial charge on any atom is 0.229 e. The van der Waals surface area contributed by atoms with Gasteiger partial charge in [-0.1, -0.05) is 41.9 Å². The lowest BCUT2D eigenvalue weighted by Gasteiger charge is -2.39. The highest BCUT2D eigenvalue weighted by Gasteiger charge is 2.44. The van der Waals surface area contributed by atoms with Crippen LogP contribution in [0.5, 0.6) is 0 Å². The molecule has 2 aliphatic rings. The van der Waals surface area contributed by atoms with Gasteiger partial charge in [-0.25, -0.2) is 0 Å². The van der Waals surface area contributed by atoms with Crippen molar-refractivity contribution < 1.29 is 4.52 Å². The summed E-state index contributed by atoms with van der Waals surface area (Å²) in [5.74, 6) is 2.02. The molecule has 2 saturated carbocycles. The van der Waals surface area contributed by atoms with Crippen LogP contribution in [0.3, 0.4) is 0 Å². The molecule has 2 aromatic rings. The molecule has 2 atom stereocenters. The zero-order chi connectivity index (χ0) is 14.3. The molecule has 4 nitrogen and oxygen atoms in total. The SMILES string of the molecule is N[C@H]1CC[C@@H](c2nc(C3(c4ccccc4)CCC3)no2)C1. The average Bonchev–Trinajstić information content (AvgIpc) is 3.08. The third kappa shape index (κ3) is 2.09. The van der Waals surface area contributed by atoms with Gasteiger partial charge in [-0.2, -0.15) is 4.98 Å². The lowest BCUT2D eigenvalue weighted by Crippen LogP contribution is -2.36. The Kier molecular flexibility index (Phi) is 3.07. The van der Waals surface area contributed by atoms with Gasteiger partial charge in [-0.3, -0.25) is 0 Å². The van der Waals surface area contributed by atoms with Crippen molar-refractivity contribution in [2.75, 3.05) is 0 Å². The van der Waals surface area contributed by atoms with Gasteiger partial charge in [-0.05, 0) is 37.7 Å². The summed E-state index contributed by atoms with van der Waals surface area (Å²) in [6.07, 6.45) is 6.56. The Balaban J connectivity index is 1.65. The number of hydrogen-bond acceptors (Lipinski definition) is 4. The predicted octanol–water partition coefficient (Wildman–Crippen LogP) is 3.13. The summed E-state index contributed by atoms with van der Waals surface area (Å²) in [7, 11) is 0. The van der Waals surface area contributed by atoms with Crippen molar-refractivity contribution in [2.24, 2.45) is 5.73 Å². The van der Waals surface area contributed by atoms with E-state index in [-0.39, 0.29) is 11.5 Å². The maximum atomic E-state index is 5.99. The smallest absolute Gasteiger partial charge is 0.229 e. The van der Waals surface area contributed by atoms with Crippen molar-refractivity contribution in [1.29, 1.82) is 0 Å². The first-order valence-electron chi connectivity index (χ1n) is 7.93. The molecule has 0 bridgehead atoms. The van der Waals surface area contributed by atoms with Crippen LogP contribution in [-0.2, 0) is 5.41 Å². The number of benzene rings is 1. The minimum Gasteiger partial charge on any atom is -0.339 e. The quantitative estimate of drug-likeness (QED) is 0.940. The van der Waals surface area contributed by atoms with Crippen LogP contribution < -0.4 is 5.73 Å². The van der Waals surface area contributed by atoms with Gasteiger partial charge in [0.15, 0.2) is 5.82 Å². The van der Waals surface area contributed by atoms with Gasteiger partial charge in [-0.15, -0.1) is 0 Å². The topological polar surface area (TPSA) is 64.9 Å². The van der Waals surface area contributed by atoms with Gasteiger partial charge < -0.3 is 10.3 Å². The molecule has 2 N–H and O–H groups in total. The van der Waals surface area contributed by atoms with E-state index in [9.17, 15) is 0 Å². The van der Waals surface area contributed by atoms with Crippen LogP contribution in [0.2, 0.25) is 0 Å². The van der Waals surface area contributed by atoms with Crippen molar-refractivity contribution >= 4 is 0 Å². The van der Waals surface area contributed by atoms with Crippen molar-refractivity contribution in [3.8, 4) is 0 Å². The molecule has 1 aromatic carbocycles. The monoisotopic (exact) mass is 283 g/mol. The van der Waals surface area contributed by atoms with Crippen LogP contribution in [0, 0.1) is 0 Å². The molecular weight excluding hydrogens is 262 g/mol. The highest BCUT2D eigenvalue weighted by molar-refractivity contribution is 5.35. The fraction of sp³-hybridized carbons (Fsp3) is 0.529. The van der Waals surface area contributed by atoms with Crippen LogP contribution >= 0.6 is 0 Å². The predicted molar refractivity (Wildman–Crippen MR) is 79.9 cm³/mol. The van der Waals surface area contributed by atoms with Crippen molar-refractivity contribution in [2.45, 2.75) is 55.9 Å². The second-order valence-corrected chi connectivity index (χ2v) is 6.53. The third-order valence-electron chi connectivity index (χ3n) is 5.23. The molecule has 1 heterocycles. The van der Waals surface area contributed by atoms with Gasteiger partial charge in [0.2, 0.25) is 5.89 Å². The normalized spacial score (nSPS) is 27.5. The number of nitrogens with zero attached hydrogens (tertiary/aromatic N) is 2. The van der Waals surface area contributed by atoms with Crippen molar-refractivity contribution in [3.05, 3.63) is 47.6 Å². The zero-order valence-electron chi connectivity index (χ0n) is 12.2. The molecule has 0 saturated heterocycles. The first-order chi connectivity index (χ1) is 10.3. The van der Waals surface area contributed by atoms with E-state index in [0.717, 1.165) is 43.8 Å². The molecular formula is C17H21N3O. The molecule has 21 heavy (non-hydrogen) atoms. The molecule has 110 valence electrons. The van der Waals surface area contributed by atoms with Crippen LogP contribution in [-0.4, -0.2) is 16.2 Å². The third-order valence-corrected chi connectivity index (χ3v) is 5.23. The van der Waals surface area contributed by atoms with Gasteiger partial charge >= 0.3 is 0 Å². The Bertz CT molecular complexity index is 618. The van der Waals surface area contributed by atoms with Gasteiger partial charge in [0.1, 0.15) is 0 Å². The molecule has 0 unspecified atom stereocenters. The van der Waals surface area contributed by atoms with E-state index >= 15 is 0 Å². The summed E-state index contributed by atoms with van der Waals surface area (Å²) in [5, 5.41) is 4.33. The van der Waals surface area contributed by atoms with E-state index in [1.165, 1.54) is 12.0 Å². The van der Waals surface area contributed by atoms with Crippen LogP contribution in [0.4, 0.5) is 0 Å². The fourth-order valence-electron chi connectivity index (χ4n) is 3.77. The highest BCUT2D eigenvalue weighted by atomic mass is 16.5. The van der Waals surface area contributed by atoms with Crippen molar-refractivity contribution in [1.82, 2.24) is 10.1 Å². The first-order valence-corrected chi connectivity index (χ1v) is 7.93. The van der Waals surface area contributed by atoms with Crippen LogP contribution in [0.25, 0.3) is 0 Å². The van der Waals surface area contributed by atoms with E-state index in [0.29, 0.717) is 5.92 Å². The summed E-state index contributed by atoms with van der Waals surface area (Å²) in [5.41, 5.74) is 7.28. The summed E-state index contributed by atoms with van der Waals surface area (Å²) in [4.78, 5) is 4.76. The van der Waals surface area contributed by atoms with E-state index in [2.05, 4.69) is 35.5 Å². The van der Waals surface area contributed by atoms with Gasteiger partial charge in [0.05, 0.1) is 5.41 Å². The Morgan fingerprint density at radius 2 is 1.95 bits per heavy atom. The second-order valence-electron chi connectivity index (χ2n) is 6.53. The number of aromatic nitrogens is 2. The fourth-order valence-corrected chi connectivity index (χ4v) is 3.77. The maximum absolute atomic E-state index is 5.99. The minimum absolute atomic E-state index is 0.0241. The molecule has 2 aliphatic carbocycles. The lowest BCUT2D eigenvalue weighted by atomic mass is 9.64. The molecule has 4 rings (SSSR count).